The number of carbonyl (C=O) groups excluding carboxylic acids is 3. The van der Waals surface area contributed by atoms with Crippen LogP contribution in [-0.2, 0) is 19.1 Å². The number of nitrogens with zero attached hydrogens (tertiary/aromatic N) is 1. The van der Waals surface area contributed by atoms with Crippen LogP contribution >= 0.6 is 24.0 Å². The lowest BCUT2D eigenvalue weighted by Crippen LogP contribution is -2.44. The van der Waals surface area contributed by atoms with Gasteiger partial charge in [0, 0.05) is 6.42 Å². The number of carboxylic acids is 1. The Morgan fingerprint density at radius 1 is 1.33 bits per heavy atom. The highest BCUT2D eigenvalue weighted by molar-refractivity contribution is 8.26. The van der Waals surface area contributed by atoms with Crippen LogP contribution in [0.3, 0.4) is 0 Å². The van der Waals surface area contributed by atoms with Crippen molar-refractivity contribution in [2.45, 2.75) is 18.9 Å². The van der Waals surface area contributed by atoms with Crippen molar-refractivity contribution in [3.05, 3.63) is 40.3 Å². The molecule has 1 atom stereocenters. The zero-order valence-corrected chi connectivity index (χ0v) is 15.8. The van der Waals surface area contributed by atoms with Crippen molar-refractivity contribution in [2.75, 3.05) is 7.11 Å². The fourth-order valence-corrected chi connectivity index (χ4v) is 3.73. The SMILES string of the molecule is COC(=O)c1ccc(/C=C2\SC(=S)N(C(CCC(N)=O)C(=O)O)C2=O)cc1. The van der Waals surface area contributed by atoms with Crippen molar-refractivity contribution in [3.63, 3.8) is 0 Å². The minimum Gasteiger partial charge on any atom is -0.480 e. The summed E-state index contributed by atoms with van der Waals surface area (Å²) in [5.41, 5.74) is 6.06. The Hall–Kier alpha value is -2.72. The average Bonchev–Trinajstić information content (AvgIpc) is 2.89. The third kappa shape index (κ3) is 4.92. The number of hydrogen-bond acceptors (Lipinski definition) is 7. The smallest absolute Gasteiger partial charge is 0.337 e. The summed E-state index contributed by atoms with van der Waals surface area (Å²) in [6.45, 7) is 0. The van der Waals surface area contributed by atoms with E-state index in [9.17, 15) is 24.3 Å². The highest BCUT2D eigenvalue weighted by Crippen LogP contribution is 2.35. The highest BCUT2D eigenvalue weighted by Gasteiger charge is 2.40. The van der Waals surface area contributed by atoms with Crippen LogP contribution in [0.2, 0.25) is 0 Å². The van der Waals surface area contributed by atoms with Crippen LogP contribution in [0.1, 0.15) is 28.8 Å². The van der Waals surface area contributed by atoms with E-state index in [1.54, 1.807) is 30.3 Å². The van der Waals surface area contributed by atoms with Crippen LogP contribution < -0.4 is 5.73 Å². The third-order valence-electron chi connectivity index (χ3n) is 3.71. The summed E-state index contributed by atoms with van der Waals surface area (Å²) >= 11 is 6.11. The van der Waals surface area contributed by atoms with E-state index in [0.717, 1.165) is 16.7 Å². The van der Waals surface area contributed by atoms with Crippen molar-refractivity contribution >= 4 is 58.1 Å². The van der Waals surface area contributed by atoms with Crippen molar-refractivity contribution in [3.8, 4) is 0 Å². The van der Waals surface area contributed by atoms with Gasteiger partial charge in [-0.25, -0.2) is 9.59 Å². The molecule has 0 radical (unpaired) electrons. The first-order valence-corrected chi connectivity index (χ1v) is 8.93. The number of ether oxygens (including phenoxy) is 1. The van der Waals surface area contributed by atoms with E-state index in [2.05, 4.69) is 4.74 Å². The first-order valence-electron chi connectivity index (χ1n) is 7.71. The molecule has 0 aliphatic carbocycles. The molecule has 0 aromatic heterocycles. The third-order valence-corrected chi connectivity index (χ3v) is 5.04. The Kier molecular flexibility index (Phi) is 6.70. The van der Waals surface area contributed by atoms with E-state index < -0.39 is 29.8 Å². The molecule has 1 heterocycles. The summed E-state index contributed by atoms with van der Waals surface area (Å²) < 4.78 is 4.71. The molecule has 1 fully saturated rings. The van der Waals surface area contributed by atoms with Gasteiger partial charge in [0.05, 0.1) is 17.6 Å². The molecular weight excluding hydrogens is 392 g/mol. The van der Waals surface area contributed by atoms with E-state index in [4.69, 9.17) is 18.0 Å². The number of aliphatic carboxylic acids is 1. The Balaban J connectivity index is 2.23. The molecule has 0 saturated carbocycles. The number of carbonyl (C=O) groups is 4. The molecule has 8 nitrogen and oxygen atoms in total. The maximum atomic E-state index is 12.6. The molecule has 1 aliphatic rings. The standard InChI is InChI=1S/C17H16N2O6S2/c1-25-16(24)10-4-2-9(3-5-10)8-12-14(21)19(17(26)27-12)11(15(22)23)6-7-13(18)20/h2-5,8,11H,6-7H2,1H3,(H2,18,20)(H,22,23)/b12-8-. The van der Waals surface area contributed by atoms with Crippen molar-refractivity contribution in [2.24, 2.45) is 5.73 Å². The van der Waals surface area contributed by atoms with Gasteiger partial charge in [0.25, 0.3) is 5.91 Å². The van der Waals surface area contributed by atoms with Gasteiger partial charge in [-0.05, 0) is 30.2 Å². The zero-order chi connectivity index (χ0) is 20.1. The predicted octanol–water partition coefficient (Wildman–Crippen LogP) is 1.39. The molecule has 1 saturated heterocycles. The largest absolute Gasteiger partial charge is 0.480 e. The Labute approximate surface area is 164 Å². The van der Waals surface area contributed by atoms with E-state index in [-0.39, 0.29) is 22.1 Å². The van der Waals surface area contributed by atoms with Crippen molar-refractivity contribution < 1.29 is 29.0 Å². The number of rotatable bonds is 7. The zero-order valence-electron chi connectivity index (χ0n) is 14.2. The summed E-state index contributed by atoms with van der Waals surface area (Å²) in [4.78, 5) is 47.8. The van der Waals surface area contributed by atoms with Gasteiger partial charge in [-0.3, -0.25) is 14.5 Å². The second kappa shape index (κ2) is 8.78. The minimum absolute atomic E-state index is 0.0919. The molecule has 1 aromatic rings. The number of amides is 2. The summed E-state index contributed by atoms with van der Waals surface area (Å²) in [5, 5.41) is 9.39. The molecule has 3 N–H and O–H groups in total. The Bertz CT molecular complexity index is 834. The number of hydrogen-bond donors (Lipinski definition) is 2. The maximum Gasteiger partial charge on any atom is 0.337 e. The van der Waals surface area contributed by atoms with Gasteiger partial charge in [-0.2, -0.15) is 0 Å². The minimum atomic E-state index is -1.27. The summed E-state index contributed by atoms with van der Waals surface area (Å²) in [7, 11) is 1.28. The predicted molar refractivity (Wildman–Crippen MR) is 103 cm³/mol. The van der Waals surface area contributed by atoms with Gasteiger partial charge in [0.15, 0.2) is 0 Å². The number of primary amides is 1. The summed E-state index contributed by atoms with van der Waals surface area (Å²) in [6, 6.07) is 5.08. The molecule has 1 unspecified atom stereocenters. The topological polar surface area (TPSA) is 127 Å². The number of methoxy groups -OCH3 is 1. The number of thiocarbonyl (C=S) groups is 1. The van der Waals surface area contributed by atoms with Gasteiger partial charge >= 0.3 is 11.9 Å². The van der Waals surface area contributed by atoms with Crippen molar-refractivity contribution in [1.82, 2.24) is 4.90 Å². The van der Waals surface area contributed by atoms with Crippen LogP contribution in [0.15, 0.2) is 29.2 Å². The first-order chi connectivity index (χ1) is 12.7. The molecule has 2 amide bonds. The molecule has 1 aromatic carbocycles. The van der Waals surface area contributed by atoms with Crippen molar-refractivity contribution in [1.29, 1.82) is 0 Å². The molecule has 10 heteroatoms. The maximum absolute atomic E-state index is 12.6. The molecule has 142 valence electrons. The van der Waals surface area contributed by atoms with Gasteiger partial charge < -0.3 is 15.6 Å². The molecular formula is C17H16N2O6S2. The van der Waals surface area contributed by atoms with Gasteiger partial charge in [-0.15, -0.1) is 0 Å². The van der Waals surface area contributed by atoms with Crippen LogP contribution in [0.4, 0.5) is 0 Å². The van der Waals surface area contributed by atoms with Gasteiger partial charge in [0.1, 0.15) is 10.4 Å². The van der Waals surface area contributed by atoms with E-state index in [1.807, 2.05) is 0 Å². The average molecular weight is 408 g/mol. The Morgan fingerprint density at radius 3 is 2.48 bits per heavy atom. The van der Waals surface area contributed by atoms with Gasteiger partial charge in [-0.1, -0.05) is 36.1 Å². The van der Waals surface area contributed by atoms with Gasteiger partial charge in [0.2, 0.25) is 5.91 Å². The second-order valence-corrected chi connectivity index (χ2v) is 7.20. The number of thioether (sulfide) groups is 1. The number of carboxylic acid groups (broad SMARTS) is 1. The quantitative estimate of drug-likeness (QED) is 0.394. The Morgan fingerprint density at radius 2 is 1.96 bits per heavy atom. The molecule has 0 spiro atoms. The molecule has 27 heavy (non-hydrogen) atoms. The van der Waals surface area contributed by atoms with Crippen LogP contribution in [0.5, 0.6) is 0 Å². The van der Waals surface area contributed by atoms with E-state index in [1.165, 1.54) is 7.11 Å². The second-order valence-electron chi connectivity index (χ2n) is 5.52. The summed E-state index contributed by atoms with van der Waals surface area (Å²) in [6.07, 6.45) is 1.24. The number of benzene rings is 1. The fraction of sp³-hybridized carbons (Fsp3) is 0.235. The monoisotopic (exact) mass is 408 g/mol. The van der Waals surface area contributed by atoms with Crippen LogP contribution in [0, 0.1) is 0 Å². The lowest BCUT2D eigenvalue weighted by Gasteiger charge is -2.22. The normalized spacial score (nSPS) is 16.5. The lowest BCUT2D eigenvalue weighted by molar-refractivity contribution is -0.145. The van der Waals surface area contributed by atoms with Crippen LogP contribution in [-0.4, -0.2) is 51.2 Å². The number of esters is 1. The lowest BCUT2D eigenvalue weighted by atomic mass is 10.1. The van der Waals surface area contributed by atoms with Crippen LogP contribution in [0.25, 0.3) is 6.08 Å². The molecule has 0 bridgehead atoms. The molecule has 2 rings (SSSR count). The van der Waals surface area contributed by atoms with E-state index in [0.29, 0.717) is 11.1 Å². The first kappa shape index (κ1) is 20.6. The fourth-order valence-electron chi connectivity index (χ4n) is 2.38. The van der Waals surface area contributed by atoms with E-state index >= 15 is 0 Å². The highest BCUT2D eigenvalue weighted by atomic mass is 32.2. The molecule has 1 aliphatic heterocycles. The number of nitrogens with two attached hydrogens (primary N) is 1. The summed E-state index contributed by atoms with van der Waals surface area (Å²) in [5.74, 6) is -2.96.